The van der Waals surface area contributed by atoms with E-state index in [0.717, 1.165) is 44.4 Å². The van der Waals surface area contributed by atoms with Crippen molar-refractivity contribution in [2.24, 2.45) is 0 Å². The summed E-state index contributed by atoms with van der Waals surface area (Å²) in [5, 5.41) is 3.71. The van der Waals surface area contributed by atoms with Crippen LogP contribution in [0.5, 0.6) is 11.5 Å². The highest BCUT2D eigenvalue weighted by Gasteiger charge is 2.17. The average Bonchev–Trinajstić information content (AvgIpc) is 3.46. The van der Waals surface area contributed by atoms with Crippen LogP contribution in [0.3, 0.4) is 0 Å². The number of nitrogens with zero attached hydrogens (tertiary/aromatic N) is 1. The number of amides is 1. The van der Waals surface area contributed by atoms with Gasteiger partial charge in [-0.05, 0) is 43.7 Å². The Morgan fingerprint density at radius 1 is 1.09 bits per heavy atom. The number of rotatable bonds is 7. The number of anilines is 1. The van der Waals surface area contributed by atoms with Gasteiger partial charge in [-0.25, -0.2) is 4.98 Å². The van der Waals surface area contributed by atoms with Crippen molar-refractivity contribution in [2.75, 3.05) is 19.0 Å². The molecule has 0 saturated heterocycles. The molecular weight excluding hydrogens is 442 g/mol. The molecule has 0 bridgehead atoms. The highest BCUT2D eigenvalue weighted by Crippen LogP contribution is 2.40. The number of aromatic amines is 1. The van der Waals surface area contributed by atoms with Gasteiger partial charge in [-0.3, -0.25) is 10.1 Å². The summed E-state index contributed by atoms with van der Waals surface area (Å²) < 4.78 is 17.3. The van der Waals surface area contributed by atoms with Crippen LogP contribution < -0.4 is 14.8 Å². The number of carbonyl (C=O) groups excluding carboxylic acids is 1. The minimum absolute atomic E-state index is 0.291. The van der Waals surface area contributed by atoms with E-state index < -0.39 is 0 Å². The topological polar surface area (TPSA) is 89.4 Å². The van der Waals surface area contributed by atoms with Gasteiger partial charge >= 0.3 is 0 Å². The van der Waals surface area contributed by atoms with E-state index in [1.807, 2.05) is 74.5 Å². The molecule has 0 fully saturated rings. The van der Waals surface area contributed by atoms with E-state index in [9.17, 15) is 4.79 Å². The Morgan fingerprint density at radius 2 is 1.89 bits per heavy atom. The third-order valence-electron chi connectivity index (χ3n) is 5.78. The number of fused-ring (bicyclic) bond motifs is 2. The quantitative estimate of drug-likeness (QED) is 0.269. The van der Waals surface area contributed by atoms with E-state index in [0.29, 0.717) is 23.9 Å². The van der Waals surface area contributed by atoms with Gasteiger partial charge < -0.3 is 18.9 Å². The van der Waals surface area contributed by atoms with Crippen LogP contribution in [0.2, 0.25) is 0 Å². The van der Waals surface area contributed by atoms with Gasteiger partial charge in [0.1, 0.15) is 17.1 Å². The zero-order valence-corrected chi connectivity index (χ0v) is 19.7. The van der Waals surface area contributed by atoms with Crippen LogP contribution in [0, 0.1) is 0 Å². The third-order valence-corrected chi connectivity index (χ3v) is 5.78. The number of aromatic nitrogens is 2. The number of benzene rings is 3. The van der Waals surface area contributed by atoms with E-state index in [4.69, 9.17) is 13.9 Å². The lowest BCUT2D eigenvalue weighted by atomic mass is 9.98. The third kappa shape index (κ3) is 4.36. The number of furan rings is 1. The maximum Gasteiger partial charge on any atom is 0.250 e. The summed E-state index contributed by atoms with van der Waals surface area (Å²) in [6.07, 6.45) is 3.26. The van der Waals surface area contributed by atoms with E-state index in [1.165, 1.54) is 0 Å². The number of allylic oxidation sites excluding steroid dienone is 1. The highest BCUT2D eigenvalue weighted by molar-refractivity contribution is 6.05. The van der Waals surface area contributed by atoms with Crippen LogP contribution in [0.15, 0.2) is 77.4 Å². The lowest BCUT2D eigenvalue weighted by Gasteiger charge is -2.12. The molecule has 176 valence electrons. The Hall–Kier alpha value is -4.52. The van der Waals surface area contributed by atoms with Gasteiger partial charge in [-0.15, -0.1) is 0 Å². The first-order valence-corrected chi connectivity index (χ1v) is 11.3. The van der Waals surface area contributed by atoms with Gasteiger partial charge in [0.15, 0.2) is 0 Å². The summed E-state index contributed by atoms with van der Waals surface area (Å²) in [7, 11) is 1.65. The molecule has 0 aliphatic heterocycles. The van der Waals surface area contributed by atoms with Crippen LogP contribution in [-0.4, -0.2) is 29.6 Å². The second-order valence-electron chi connectivity index (χ2n) is 8.05. The maximum atomic E-state index is 12.8. The van der Waals surface area contributed by atoms with Gasteiger partial charge in [0, 0.05) is 34.2 Å². The molecule has 0 aliphatic rings. The van der Waals surface area contributed by atoms with Crippen LogP contribution in [0.4, 0.5) is 5.95 Å². The van der Waals surface area contributed by atoms with Crippen molar-refractivity contribution in [3.63, 3.8) is 0 Å². The van der Waals surface area contributed by atoms with Gasteiger partial charge in [0.2, 0.25) is 5.95 Å². The smallest absolute Gasteiger partial charge is 0.250 e. The lowest BCUT2D eigenvalue weighted by Crippen LogP contribution is -2.10. The summed E-state index contributed by atoms with van der Waals surface area (Å²) in [5.74, 6) is 1.50. The number of methoxy groups -OCH3 is 1. The van der Waals surface area contributed by atoms with Crippen molar-refractivity contribution in [2.45, 2.75) is 13.8 Å². The first kappa shape index (κ1) is 22.3. The number of carbonyl (C=O) groups is 1. The molecule has 7 nitrogen and oxygen atoms in total. The highest BCUT2D eigenvalue weighted by atomic mass is 16.5. The molecule has 5 aromatic rings. The second-order valence-corrected chi connectivity index (χ2v) is 8.05. The normalized spacial score (nSPS) is 11.7. The van der Waals surface area contributed by atoms with Crippen molar-refractivity contribution < 1.29 is 18.7 Å². The van der Waals surface area contributed by atoms with Crippen LogP contribution in [-0.2, 0) is 4.79 Å². The van der Waals surface area contributed by atoms with E-state index >= 15 is 0 Å². The monoisotopic (exact) mass is 467 g/mol. The number of ether oxygens (including phenoxy) is 2. The molecule has 2 heterocycles. The number of H-pyrrole nitrogens is 1. The van der Waals surface area contributed by atoms with Crippen molar-refractivity contribution in [1.82, 2.24) is 9.97 Å². The molecule has 0 spiro atoms. The number of hydrogen-bond donors (Lipinski definition) is 2. The Bertz CT molecular complexity index is 1530. The molecule has 2 N–H and O–H groups in total. The van der Waals surface area contributed by atoms with Gasteiger partial charge in [-0.1, -0.05) is 30.3 Å². The van der Waals surface area contributed by atoms with Crippen LogP contribution in [0.25, 0.3) is 38.7 Å². The Kier molecular flexibility index (Phi) is 5.97. The molecule has 0 unspecified atom stereocenters. The Labute approximate surface area is 202 Å². The molecular formula is C28H25N3O4. The fraction of sp³-hybridized carbons (Fsp3) is 0.143. The molecule has 7 heteroatoms. The first-order chi connectivity index (χ1) is 17.1. The maximum absolute atomic E-state index is 12.8. The van der Waals surface area contributed by atoms with Crippen molar-refractivity contribution >= 4 is 39.4 Å². The zero-order valence-electron chi connectivity index (χ0n) is 19.7. The summed E-state index contributed by atoms with van der Waals surface area (Å²) in [6.45, 7) is 4.28. The number of hydrogen-bond acceptors (Lipinski definition) is 5. The standard InChI is InChI=1S/C28H25N3O4/c1-4-34-25-15-26-20(21(16-35-26)18-9-5-8-12-24(18)33-3)14-19(25)17(2)13-27(32)31-28-29-22-10-6-7-11-23(22)30-28/h5-16H,4H2,1-3H3,(H2,29,30,31,32)/b17-13+. The summed E-state index contributed by atoms with van der Waals surface area (Å²) in [5.41, 5.74) is 5.72. The molecule has 0 saturated carbocycles. The van der Waals surface area contributed by atoms with Crippen LogP contribution >= 0.6 is 0 Å². The predicted octanol–water partition coefficient (Wildman–Crippen LogP) is 6.43. The average molecular weight is 468 g/mol. The molecule has 0 radical (unpaired) electrons. The summed E-state index contributed by atoms with van der Waals surface area (Å²) in [6, 6.07) is 19.3. The minimum Gasteiger partial charge on any atom is -0.496 e. The largest absolute Gasteiger partial charge is 0.496 e. The van der Waals surface area contributed by atoms with Gasteiger partial charge in [-0.2, -0.15) is 0 Å². The van der Waals surface area contributed by atoms with Gasteiger partial charge in [0.05, 0.1) is 31.0 Å². The number of nitrogens with one attached hydrogen (secondary N) is 2. The number of para-hydroxylation sites is 3. The molecule has 1 amide bonds. The van der Waals surface area contributed by atoms with E-state index in [2.05, 4.69) is 15.3 Å². The molecule has 3 aromatic carbocycles. The molecule has 2 aromatic heterocycles. The first-order valence-electron chi connectivity index (χ1n) is 11.3. The molecule has 0 aliphatic carbocycles. The number of imidazole rings is 1. The van der Waals surface area contributed by atoms with Crippen LogP contribution in [0.1, 0.15) is 19.4 Å². The lowest BCUT2D eigenvalue weighted by molar-refractivity contribution is -0.111. The molecule has 35 heavy (non-hydrogen) atoms. The molecule has 0 atom stereocenters. The van der Waals surface area contributed by atoms with Crippen molar-refractivity contribution in [3.05, 3.63) is 78.6 Å². The Balaban J connectivity index is 1.52. The van der Waals surface area contributed by atoms with Crippen molar-refractivity contribution in [1.29, 1.82) is 0 Å². The fourth-order valence-corrected chi connectivity index (χ4v) is 4.15. The summed E-state index contributed by atoms with van der Waals surface area (Å²) >= 11 is 0. The fourth-order valence-electron chi connectivity index (χ4n) is 4.15. The minimum atomic E-state index is -0.291. The SMILES string of the molecule is CCOc1cc2occ(-c3ccccc3OC)c2cc1/C(C)=C/C(=O)Nc1nc2ccccc2[nH]1. The van der Waals surface area contributed by atoms with Gasteiger partial charge in [0.25, 0.3) is 5.91 Å². The van der Waals surface area contributed by atoms with E-state index in [-0.39, 0.29) is 5.91 Å². The van der Waals surface area contributed by atoms with E-state index in [1.54, 1.807) is 19.4 Å². The molecule has 5 rings (SSSR count). The second kappa shape index (κ2) is 9.38. The van der Waals surface area contributed by atoms with Crippen molar-refractivity contribution in [3.8, 4) is 22.6 Å². The predicted molar refractivity (Wildman–Crippen MR) is 138 cm³/mol. The zero-order chi connectivity index (χ0) is 24.4. The summed E-state index contributed by atoms with van der Waals surface area (Å²) in [4.78, 5) is 20.3. The Morgan fingerprint density at radius 3 is 2.69 bits per heavy atom.